The molecule has 2 fully saturated rings. The van der Waals surface area contributed by atoms with Crippen LogP contribution in [0.4, 0.5) is 0 Å². The van der Waals surface area contributed by atoms with Gasteiger partial charge in [0.1, 0.15) is 0 Å². The van der Waals surface area contributed by atoms with Gasteiger partial charge in [-0.3, -0.25) is 0 Å². The Kier molecular flexibility index (Phi) is 4.66. The van der Waals surface area contributed by atoms with Crippen molar-refractivity contribution in [2.24, 2.45) is 11.8 Å². The summed E-state index contributed by atoms with van der Waals surface area (Å²) in [6.07, 6.45) is 7.11. The van der Waals surface area contributed by atoms with Gasteiger partial charge in [-0.2, -0.15) is 0 Å². The number of nitrogens with zero attached hydrogens (tertiary/aromatic N) is 1. The highest BCUT2D eigenvalue weighted by molar-refractivity contribution is 4.83. The molecule has 2 atom stereocenters. The van der Waals surface area contributed by atoms with E-state index in [2.05, 4.69) is 24.1 Å². The van der Waals surface area contributed by atoms with E-state index in [-0.39, 0.29) is 0 Å². The van der Waals surface area contributed by atoms with E-state index in [1.807, 2.05) is 0 Å². The fourth-order valence-corrected chi connectivity index (χ4v) is 3.17. The maximum absolute atomic E-state index is 3.40. The minimum atomic E-state index is 0.873. The van der Waals surface area contributed by atoms with Crippen LogP contribution in [0.5, 0.6) is 0 Å². The number of nitrogens with one attached hydrogen (secondary N) is 1. The molecule has 16 heavy (non-hydrogen) atoms. The molecule has 2 saturated heterocycles. The van der Waals surface area contributed by atoms with E-state index in [0.29, 0.717) is 0 Å². The first-order valence-corrected chi connectivity index (χ1v) is 7.26. The zero-order valence-electron chi connectivity index (χ0n) is 11.0. The molecule has 0 bridgehead atoms. The van der Waals surface area contributed by atoms with E-state index in [0.717, 1.165) is 17.9 Å². The second-order valence-electron chi connectivity index (χ2n) is 5.80. The second-order valence-corrected chi connectivity index (χ2v) is 5.80. The van der Waals surface area contributed by atoms with Crippen molar-refractivity contribution in [3.63, 3.8) is 0 Å². The first-order chi connectivity index (χ1) is 7.81. The predicted molar refractivity (Wildman–Crippen MR) is 69.6 cm³/mol. The lowest BCUT2D eigenvalue weighted by Gasteiger charge is -2.38. The number of rotatable bonds is 4. The third-order valence-corrected chi connectivity index (χ3v) is 4.61. The molecule has 2 rings (SSSR count). The molecule has 2 heteroatoms. The van der Waals surface area contributed by atoms with Crippen LogP contribution in [0.15, 0.2) is 0 Å². The van der Waals surface area contributed by atoms with Crippen molar-refractivity contribution in [1.29, 1.82) is 0 Å². The van der Waals surface area contributed by atoms with Crippen molar-refractivity contribution in [2.75, 3.05) is 26.2 Å². The molecule has 0 amide bonds. The summed E-state index contributed by atoms with van der Waals surface area (Å²) in [6, 6.07) is 0.873. The Labute approximate surface area is 101 Å². The molecule has 0 aromatic carbocycles. The fourth-order valence-electron chi connectivity index (χ4n) is 3.17. The molecule has 94 valence electrons. The van der Waals surface area contributed by atoms with Crippen LogP contribution in [0.1, 0.15) is 46.0 Å². The smallest absolute Gasteiger partial charge is 0.00927 e. The lowest BCUT2D eigenvalue weighted by Crippen LogP contribution is -2.49. The van der Waals surface area contributed by atoms with E-state index in [4.69, 9.17) is 0 Å². The average molecular weight is 224 g/mol. The van der Waals surface area contributed by atoms with Gasteiger partial charge in [0.15, 0.2) is 0 Å². The van der Waals surface area contributed by atoms with Crippen LogP contribution in [0.3, 0.4) is 0 Å². The Bertz CT molecular complexity index is 201. The lowest BCUT2D eigenvalue weighted by molar-refractivity contribution is 0.127. The van der Waals surface area contributed by atoms with Gasteiger partial charge in [-0.05, 0) is 50.7 Å². The van der Waals surface area contributed by atoms with Crippen LogP contribution in [0.2, 0.25) is 0 Å². The van der Waals surface area contributed by atoms with Gasteiger partial charge in [-0.25, -0.2) is 0 Å². The van der Waals surface area contributed by atoms with Crippen molar-refractivity contribution in [3.8, 4) is 0 Å². The minimum Gasteiger partial charge on any atom is -0.316 e. The van der Waals surface area contributed by atoms with Gasteiger partial charge in [0, 0.05) is 12.6 Å². The Balaban J connectivity index is 1.83. The molecule has 2 nitrogen and oxygen atoms in total. The highest BCUT2D eigenvalue weighted by Gasteiger charge is 2.27. The molecule has 2 aliphatic rings. The minimum absolute atomic E-state index is 0.873. The summed E-state index contributed by atoms with van der Waals surface area (Å²) in [5.41, 5.74) is 0. The van der Waals surface area contributed by atoms with Gasteiger partial charge < -0.3 is 10.2 Å². The van der Waals surface area contributed by atoms with Crippen LogP contribution in [0.25, 0.3) is 0 Å². The molecular formula is C14H28N2. The Morgan fingerprint density at radius 1 is 1.25 bits per heavy atom. The monoisotopic (exact) mass is 224 g/mol. The lowest BCUT2D eigenvalue weighted by atomic mass is 9.88. The first-order valence-electron chi connectivity index (χ1n) is 7.26. The van der Waals surface area contributed by atoms with Gasteiger partial charge in [0.05, 0.1) is 0 Å². The van der Waals surface area contributed by atoms with Gasteiger partial charge in [-0.15, -0.1) is 0 Å². The van der Waals surface area contributed by atoms with Crippen molar-refractivity contribution < 1.29 is 0 Å². The quantitative estimate of drug-likeness (QED) is 0.789. The van der Waals surface area contributed by atoms with E-state index in [1.165, 1.54) is 58.3 Å². The third kappa shape index (κ3) is 2.98. The summed E-state index contributed by atoms with van der Waals surface area (Å²) < 4.78 is 0. The highest BCUT2D eigenvalue weighted by atomic mass is 15.2. The first kappa shape index (κ1) is 12.4. The predicted octanol–water partition coefficient (Wildman–Crippen LogP) is 2.50. The summed E-state index contributed by atoms with van der Waals surface area (Å²) in [6.45, 7) is 10.0. The second kappa shape index (κ2) is 6.02. The molecule has 0 aromatic heterocycles. The van der Waals surface area contributed by atoms with Gasteiger partial charge in [0.2, 0.25) is 0 Å². The number of likely N-dealkylation sites (tertiary alicyclic amines) is 1. The topological polar surface area (TPSA) is 15.3 Å². The van der Waals surface area contributed by atoms with Gasteiger partial charge in [-0.1, -0.05) is 26.7 Å². The van der Waals surface area contributed by atoms with Crippen LogP contribution in [-0.4, -0.2) is 37.1 Å². The molecule has 0 aliphatic carbocycles. The number of hydrogen-bond acceptors (Lipinski definition) is 2. The molecule has 0 saturated carbocycles. The van der Waals surface area contributed by atoms with Crippen LogP contribution in [-0.2, 0) is 0 Å². The maximum Gasteiger partial charge on any atom is 0.00927 e. The van der Waals surface area contributed by atoms with Crippen molar-refractivity contribution in [3.05, 3.63) is 0 Å². The van der Waals surface area contributed by atoms with E-state index in [9.17, 15) is 0 Å². The summed E-state index contributed by atoms with van der Waals surface area (Å²) in [5.74, 6) is 1.83. The number of hydrogen-bond donors (Lipinski definition) is 1. The molecule has 2 heterocycles. The van der Waals surface area contributed by atoms with Crippen LogP contribution >= 0.6 is 0 Å². The fraction of sp³-hybridized carbons (Fsp3) is 1.00. The molecule has 1 N–H and O–H groups in total. The van der Waals surface area contributed by atoms with Crippen LogP contribution in [0, 0.1) is 11.8 Å². The Morgan fingerprint density at radius 2 is 2.06 bits per heavy atom. The van der Waals surface area contributed by atoms with E-state index >= 15 is 0 Å². The summed E-state index contributed by atoms with van der Waals surface area (Å²) >= 11 is 0. The summed E-state index contributed by atoms with van der Waals surface area (Å²) in [4.78, 5) is 2.79. The van der Waals surface area contributed by atoms with Gasteiger partial charge >= 0.3 is 0 Å². The average Bonchev–Trinajstić information content (AvgIpc) is 2.40. The highest BCUT2D eigenvalue weighted by Crippen LogP contribution is 2.23. The molecule has 0 aromatic rings. The van der Waals surface area contributed by atoms with E-state index in [1.54, 1.807) is 0 Å². The third-order valence-electron chi connectivity index (χ3n) is 4.61. The van der Waals surface area contributed by atoms with Crippen molar-refractivity contribution >= 4 is 0 Å². The Morgan fingerprint density at radius 3 is 2.69 bits per heavy atom. The molecule has 2 unspecified atom stereocenters. The normalized spacial score (nSPS) is 30.8. The van der Waals surface area contributed by atoms with E-state index < -0.39 is 0 Å². The molecular weight excluding hydrogens is 196 g/mol. The Hall–Kier alpha value is -0.0800. The van der Waals surface area contributed by atoms with Crippen molar-refractivity contribution in [2.45, 2.75) is 52.0 Å². The molecule has 2 aliphatic heterocycles. The standard InChI is InChI=1S/C14H28N2/c1-3-14-7-5-4-6-8-16(14)11-12(2)13-9-15-10-13/h12-15H,3-11H2,1-2H3. The SMILES string of the molecule is CCC1CCCCCN1CC(C)C1CNC1. The summed E-state index contributed by atoms with van der Waals surface area (Å²) in [7, 11) is 0. The zero-order chi connectivity index (χ0) is 11.4. The molecule has 0 spiro atoms. The molecule has 0 radical (unpaired) electrons. The van der Waals surface area contributed by atoms with Crippen LogP contribution < -0.4 is 5.32 Å². The zero-order valence-corrected chi connectivity index (χ0v) is 11.0. The van der Waals surface area contributed by atoms with Crippen molar-refractivity contribution in [1.82, 2.24) is 10.2 Å². The summed E-state index contributed by atoms with van der Waals surface area (Å²) in [5, 5.41) is 3.40. The largest absolute Gasteiger partial charge is 0.316 e. The van der Waals surface area contributed by atoms with Gasteiger partial charge in [0.25, 0.3) is 0 Å². The maximum atomic E-state index is 3.40.